The van der Waals surface area contributed by atoms with Crippen molar-refractivity contribution in [3.05, 3.63) is 22.7 Å². The summed E-state index contributed by atoms with van der Waals surface area (Å²) in [6.07, 6.45) is 4.40. The highest BCUT2D eigenvalue weighted by Gasteiger charge is 2.32. The minimum atomic E-state index is -0.898. The van der Waals surface area contributed by atoms with Crippen LogP contribution in [0.5, 0.6) is 0 Å². The van der Waals surface area contributed by atoms with Crippen LogP contribution in [0.2, 0.25) is 0 Å². The molecule has 6 nitrogen and oxygen atoms in total. The smallest absolute Gasteiger partial charge is 0.326 e. The van der Waals surface area contributed by atoms with Gasteiger partial charge in [-0.2, -0.15) is 0 Å². The predicted molar refractivity (Wildman–Crippen MR) is 57.5 cm³/mol. The van der Waals surface area contributed by atoms with Crippen molar-refractivity contribution >= 4 is 11.8 Å². The number of hydrogen-bond donors (Lipinski definition) is 1. The average Bonchev–Trinajstić information content (AvgIpc) is 2.70. The highest BCUT2D eigenvalue weighted by atomic mass is 16.4. The van der Waals surface area contributed by atoms with Crippen LogP contribution >= 0.6 is 0 Å². The first-order chi connectivity index (χ1) is 7.61. The second kappa shape index (κ2) is 3.96. The second-order valence-electron chi connectivity index (χ2n) is 3.86. The molecule has 1 aliphatic rings. The van der Waals surface area contributed by atoms with Crippen LogP contribution in [0.1, 0.15) is 12.8 Å². The van der Waals surface area contributed by atoms with Crippen molar-refractivity contribution in [3.8, 4) is 0 Å². The summed E-state index contributed by atoms with van der Waals surface area (Å²) in [6, 6.07) is -0.623. The molecule has 86 valence electrons. The molecular weight excluding hydrogens is 210 g/mol. The average molecular weight is 223 g/mol. The zero-order chi connectivity index (χ0) is 11.7. The normalized spacial score (nSPS) is 20.1. The number of aryl methyl sites for hydroxylation is 1. The molecule has 1 N–H and O–H groups in total. The Morgan fingerprint density at radius 1 is 1.62 bits per heavy atom. The van der Waals surface area contributed by atoms with Crippen LogP contribution in [0.3, 0.4) is 0 Å². The van der Waals surface area contributed by atoms with E-state index in [0.717, 1.165) is 6.42 Å². The molecule has 0 radical (unpaired) electrons. The fourth-order valence-corrected chi connectivity index (χ4v) is 1.96. The molecule has 0 spiro atoms. The van der Waals surface area contributed by atoms with Crippen LogP contribution < -0.4 is 10.5 Å². The van der Waals surface area contributed by atoms with Crippen LogP contribution in [0.4, 0.5) is 5.82 Å². The van der Waals surface area contributed by atoms with E-state index in [9.17, 15) is 9.59 Å². The zero-order valence-corrected chi connectivity index (χ0v) is 8.96. The maximum Gasteiger partial charge on any atom is 0.326 e. The van der Waals surface area contributed by atoms with Gasteiger partial charge in [-0.25, -0.2) is 9.78 Å². The van der Waals surface area contributed by atoms with E-state index in [1.807, 2.05) is 0 Å². The molecular formula is C10H13N3O3. The van der Waals surface area contributed by atoms with E-state index in [2.05, 4.69) is 4.98 Å². The molecule has 0 amide bonds. The zero-order valence-electron chi connectivity index (χ0n) is 8.96. The number of carbonyl (C=O) groups is 1. The largest absolute Gasteiger partial charge is 0.480 e. The molecule has 1 saturated heterocycles. The molecule has 0 aromatic carbocycles. The lowest BCUT2D eigenvalue weighted by Crippen LogP contribution is -2.40. The maximum absolute atomic E-state index is 11.8. The lowest BCUT2D eigenvalue weighted by Gasteiger charge is -2.21. The fourth-order valence-electron chi connectivity index (χ4n) is 1.96. The Labute approximate surface area is 92.1 Å². The Balaban J connectivity index is 2.40. The summed E-state index contributed by atoms with van der Waals surface area (Å²) in [6.45, 7) is 0.573. The van der Waals surface area contributed by atoms with Crippen LogP contribution in [0.15, 0.2) is 17.2 Å². The quantitative estimate of drug-likeness (QED) is 0.753. The lowest BCUT2D eigenvalue weighted by atomic mass is 10.2. The van der Waals surface area contributed by atoms with Gasteiger partial charge in [-0.05, 0) is 12.8 Å². The SMILES string of the molecule is Cn1ccnc(N2CCCC2C(=O)O)c1=O. The lowest BCUT2D eigenvalue weighted by molar-refractivity contribution is -0.138. The highest BCUT2D eigenvalue weighted by molar-refractivity contribution is 5.78. The van der Waals surface area contributed by atoms with Gasteiger partial charge in [0.15, 0.2) is 5.82 Å². The molecule has 1 aromatic rings. The Morgan fingerprint density at radius 2 is 2.38 bits per heavy atom. The van der Waals surface area contributed by atoms with Crippen LogP contribution in [-0.4, -0.2) is 33.2 Å². The number of rotatable bonds is 2. The minimum Gasteiger partial charge on any atom is -0.480 e. The van der Waals surface area contributed by atoms with Crippen LogP contribution in [0, 0.1) is 0 Å². The number of aliphatic carboxylic acids is 1. The summed E-state index contributed by atoms with van der Waals surface area (Å²) in [4.78, 5) is 28.4. The van der Waals surface area contributed by atoms with Gasteiger partial charge >= 0.3 is 5.97 Å². The molecule has 2 heterocycles. The number of hydrogen-bond acceptors (Lipinski definition) is 4. The van der Waals surface area contributed by atoms with E-state index >= 15 is 0 Å². The molecule has 1 aliphatic heterocycles. The monoisotopic (exact) mass is 223 g/mol. The van der Waals surface area contributed by atoms with Gasteiger partial charge in [0, 0.05) is 26.0 Å². The first-order valence-electron chi connectivity index (χ1n) is 5.12. The van der Waals surface area contributed by atoms with Gasteiger partial charge in [0.2, 0.25) is 0 Å². The van der Waals surface area contributed by atoms with E-state index in [4.69, 9.17) is 5.11 Å². The Morgan fingerprint density at radius 3 is 3.06 bits per heavy atom. The summed E-state index contributed by atoms with van der Waals surface area (Å²) in [5.41, 5.74) is -0.254. The molecule has 0 aliphatic carbocycles. The third-order valence-electron chi connectivity index (χ3n) is 2.81. The Hall–Kier alpha value is -1.85. The van der Waals surface area contributed by atoms with Gasteiger partial charge in [0.1, 0.15) is 6.04 Å². The molecule has 1 fully saturated rings. The minimum absolute atomic E-state index is 0.231. The van der Waals surface area contributed by atoms with Crippen molar-refractivity contribution in [1.29, 1.82) is 0 Å². The van der Waals surface area contributed by atoms with E-state index in [0.29, 0.717) is 13.0 Å². The summed E-state index contributed by atoms with van der Waals surface area (Å²) in [5.74, 6) is -0.667. The maximum atomic E-state index is 11.8. The Bertz CT molecular complexity index is 469. The van der Waals surface area contributed by atoms with E-state index in [1.165, 1.54) is 10.8 Å². The molecule has 1 aromatic heterocycles. The van der Waals surface area contributed by atoms with Crippen molar-refractivity contribution in [2.24, 2.45) is 7.05 Å². The molecule has 2 rings (SSSR count). The van der Waals surface area contributed by atoms with Crippen molar-refractivity contribution in [2.75, 3.05) is 11.4 Å². The highest BCUT2D eigenvalue weighted by Crippen LogP contribution is 2.20. The molecule has 1 atom stereocenters. The fraction of sp³-hybridized carbons (Fsp3) is 0.500. The standard InChI is InChI=1S/C10H13N3O3/c1-12-6-4-11-8(9(12)14)13-5-2-3-7(13)10(15)16/h4,6-7H,2-3,5H2,1H3,(H,15,16). The molecule has 0 saturated carbocycles. The van der Waals surface area contributed by atoms with E-state index in [-0.39, 0.29) is 11.4 Å². The summed E-state index contributed by atoms with van der Waals surface area (Å²) >= 11 is 0. The number of aromatic nitrogens is 2. The van der Waals surface area contributed by atoms with Crippen molar-refractivity contribution in [3.63, 3.8) is 0 Å². The van der Waals surface area contributed by atoms with Crippen molar-refractivity contribution in [1.82, 2.24) is 9.55 Å². The number of carboxylic acids is 1. The van der Waals surface area contributed by atoms with Gasteiger partial charge in [-0.15, -0.1) is 0 Å². The van der Waals surface area contributed by atoms with Gasteiger partial charge in [0.05, 0.1) is 0 Å². The molecule has 6 heteroatoms. The number of anilines is 1. The third-order valence-corrected chi connectivity index (χ3v) is 2.81. The van der Waals surface area contributed by atoms with Crippen molar-refractivity contribution < 1.29 is 9.90 Å². The first-order valence-corrected chi connectivity index (χ1v) is 5.12. The van der Waals surface area contributed by atoms with Gasteiger partial charge in [-0.1, -0.05) is 0 Å². The number of nitrogens with zero attached hydrogens (tertiary/aromatic N) is 3. The second-order valence-corrected chi connectivity index (χ2v) is 3.86. The summed E-state index contributed by atoms with van der Waals surface area (Å²) < 4.78 is 1.40. The molecule has 16 heavy (non-hydrogen) atoms. The summed E-state index contributed by atoms with van der Waals surface area (Å²) in [5, 5.41) is 9.03. The first kappa shape index (κ1) is 10.7. The van der Waals surface area contributed by atoms with Gasteiger partial charge < -0.3 is 14.6 Å². The van der Waals surface area contributed by atoms with Crippen LogP contribution in [0.25, 0.3) is 0 Å². The summed E-state index contributed by atoms with van der Waals surface area (Å²) in [7, 11) is 1.62. The van der Waals surface area contributed by atoms with E-state index in [1.54, 1.807) is 18.1 Å². The van der Waals surface area contributed by atoms with Crippen LogP contribution in [-0.2, 0) is 11.8 Å². The van der Waals surface area contributed by atoms with Gasteiger partial charge in [-0.3, -0.25) is 4.79 Å². The molecule has 0 bridgehead atoms. The molecule has 1 unspecified atom stereocenters. The topological polar surface area (TPSA) is 75.4 Å². The van der Waals surface area contributed by atoms with E-state index < -0.39 is 12.0 Å². The van der Waals surface area contributed by atoms with Crippen molar-refractivity contribution in [2.45, 2.75) is 18.9 Å². The third kappa shape index (κ3) is 1.66. The number of carboxylic acid groups (broad SMARTS) is 1. The Kier molecular flexibility index (Phi) is 2.64. The predicted octanol–water partition coefficient (Wildman–Crippen LogP) is -0.166. The van der Waals surface area contributed by atoms with Gasteiger partial charge in [0.25, 0.3) is 5.56 Å².